The molecule has 5 rings (SSSR count). The fourth-order valence-electron chi connectivity index (χ4n) is 5.18. The number of piperidine rings is 1. The number of hydrogen-bond acceptors (Lipinski definition) is 6. The quantitative estimate of drug-likeness (QED) is 0.447. The van der Waals surface area contributed by atoms with Crippen molar-refractivity contribution < 1.29 is 9.53 Å². The molecule has 3 aromatic rings. The van der Waals surface area contributed by atoms with E-state index in [4.69, 9.17) is 16.3 Å². The highest BCUT2D eigenvalue weighted by atomic mass is 35.5. The first kappa shape index (κ1) is 26.3. The highest BCUT2D eigenvalue weighted by Gasteiger charge is 2.41. The molecule has 2 aromatic carbocycles. The van der Waals surface area contributed by atoms with Gasteiger partial charge in [0.15, 0.2) is 0 Å². The van der Waals surface area contributed by atoms with Gasteiger partial charge in [0.1, 0.15) is 5.69 Å². The van der Waals surface area contributed by atoms with E-state index in [0.717, 1.165) is 61.2 Å². The van der Waals surface area contributed by atoms with Gasteiger partial charge >= 0.3 is 0 Å². The molecule has 0 aliphatic carbocycles. The number of thiazole rings is 1. The Morgan fingerprint density at radius 2 is 1.76 bits per heavy atom. The van der Waals surface area contributed by atoms with Crippen LogP contribution in [-0.2, 0) is 24.4 Å². The molecule has 0 atom stereocenters. The maximum Gasteiger partial charge on any atom is 0.273 e. The van der Waals surface area contributed by atoms with Gasteiger partial charge in [-0.3, -0.25) is 9.69 Å². The van der Waals surface area contributed by atoms with Crippen LogP contribution >= 0.6 is 22.9 Å². The van der Waals surface area contributed by atoms with E-state index in [2.05, 4.69) is 51.6 Å². The van der Waals surface area contributed by atoms with Crippen LogP contribution in [0.1, 0.15) is 50.6 Å². The largest absolute Gasteiger partial charge is 0.371 e. The van der Waals surface area contributed by atoms with Crippen molar-refractivity contribution in [2.24, 2.45) is 0 Å². The van der Waals surface area contributed by atoms with Gasteiger partial charge < -0.3 is 15.0 Å². The van der Waals surface area contributed by atoms with Gasteiger partial charge in [0.05, 0.1) is 23.8 Å². The normalized spacial score (nSPS) is 17.9. The van der Waals surface area contributed by atoms with Gasteiger partial charge in [0, 0.05) is 49.7 Å². The molecule has 3 heterocycles. The number of benzene rings is 2. The fourth-order valence-corrected chi connectivity index (χ4v) is 5.97. The predicted octanol–water partition coefficient (Wildman–Crippen LogP) is 5.21. The Bertz CT molecular complexity index is 1220. The van der Waals surface area contributed by atoms with E-state index in [0.29, 0.717) is 25.4 Å². The summed E-state index contributed by atoms with van der Waals surface area (Å²) in [5, 5.41) is 7.12. The molecule has 0 radical (unpaired) electrons. The number of halogens is 1. The van der Waals surface area contributed by atoms with Gasteiger partial charge in [-0.1, -0.05) is 48.0 Å². The molecule has 1 spiro atoms. The lowest BCUT2D eigenvalue weighted by Crippen LogP contribution is -2.58. The van der Waals surface area contributed by atoms with Gasteiger partial charge in [-0.2, -0.15) is 0 Å². The van der Waals surface area contributed by atoms with Crippen molar-refractivity contribution in [3.63, 3.8) is 0 Å². The predicted molar refractivity (Wildman–Crippen MR) is 149 cm³/mol. The van der Waals surface area contributed by atoms with E-state index in [1.807, 2.05) is 30.2 Å². The Hall–Kier alpha value is -2.29. The minimum absolute atomic E-state index is 0.0340. The first-order chi connectivity index (χ1) is 17.9. The lowest BCUT2D eigenvalue weighted by Gasteiger charge is -2.47. The molecule has 0 saturated carbocycles. The molecule has 196 valence electrons. The molecule has 6 nitrogen and oxygen atoms in total. The number of aryl methyl sites for hydroxylation is 2. The Kier molecular flexibility index (Phi) is 8.27. The van der Waals surface area contributed by atoms with Crippen molar-refractivity contribution in [1.82, 2.24) is 20.1 Å². The van der Waals surface area contributed by atoms with Crippen LogP contribution in [0.15, 0.2) is 47.8 Å². The van der Waals surface area contributed by atoms with Gasteiger partial charge in [-0.25, -0.2) is 4.98 Å². The lowest BCUT2D eigenvalue weighted by molar-refractivity contribution is -0.128. The zero-order valence-electron chi connectivity index (χ0n) is 21.6. The third-order valence-corrected chi connectivity index (χ3v) is 8.65. The molecule has 2 saturated heterocycles. The van der Waals surface area contributed by atoms with Crippen molar-refractivity contribution in [3.05, 3.63) is 85.8 Å². The van der Waals surface area contributed by atoms with Crippen LogP contribution in [0.3, 0.4) is 0 Å². The Balaban J connectivity index is 1.08. The van der Waals surface area contributed by atoms with Crippen molar-refractivity contribution in [2.45, 2.75) is 51.9 Å². The Morgan fingerprint density at radius 1 is 1.05 bits per heavy atom. The summed E-state index contributed by atoms with van der Waals surface area (Å²) in [4.78, 5) is 21.8. The summed E-state index contributed by atoms with van der Waals surface area (Å²) in [7, 11) is 0. The number of ether oxygens (including phenoxy) is 1. The summed E-state index contributed by atoms with van der Waals surface area (Å²) in [6.07, 6.45) is 1.88. The van der Waals surface area contributed by atoms with Gasteiger partial charge in [0.25, 0.3) is 5.91 Å². The van der Waals surface area contributed by atoms with E-state index in [1.54, 1.807) is 0 Å². The molecule has 1 amide bonds. The van der Waals surface area contributed by atoms with Crippen LogP contribution in [0.25, 0.3) is 0 Å². The SMILES string of the molecule is Cc1nc(C(=O)N2CCOC3(CCN(Cc4ccc(CNCc5ccc(C)c(Cl)c5)cc4)CC3)C2)cs1. The smallest absolute Gasteiger partial charge is 0.273 e. The molecule has 2 aliphatic rings. The summed E-state index contributed by atoms with van der Waals surface area (Å²) < 4.78 is 6.27. The van der Waals surface area contributed by atoms with E-state index in [1.165, 1.54) is 28.0 Å². The average molecular weight is 539 g/mol. The highest BCUT2D eigenvalue weighted by molar-refractivity contribution is 7.09. The molecule has 2 aliphatic heterocycles. The number of nitrogens with zero attached hydrogens (tertiary/aromatic N) is 3. The summed E-state index contributed by atoms with van der Waals surface area (Å²) in [5.41, 5.74) is 5.24. The minimum Gasteiger partial charge on any atom is -0.371 e. The Morgan fingerprint density at radius 3 is 2.46 bits per heavy atom. The van der Waals surface area contributed by atoms with E-state index in [9.17, 15) is 4.79 Å². The first-order valence-corrected chi connectivity index (χ1v) is 14.3. The molecular formula is C29H35ClN4O2S. The van der Waals surface area contributed by atoms with Crippen molar-refractivity contribution in [3.8, 4) is 0 Å². The van der Waals surface area contributed by atoms with Gasteiger partial charge in [0.2, 0.25) is 0 Å². The van der Waals surface area contributed by atoms with Gasteiger partial charge in [-0.05, 0) is 55.0 Å². The average Bonchev–Trinajstić information content (AvgIpc) is 3.34. The molecule has 0 unspecified atom stereocenters. The Labute approximate surface area is 228 Å². The van der Waals surface area contributed by atoms with E-state index < -0.39 is 0 Å². The molecule has 1 aromatic heterocycles. The number of morpholine rings is 1. The summed E-state index contributed by atoms with van der Waals surface area (Å²) in [6, 6.07) is 15.1. The number of hydrogen-bond donors (Lipinski definition) is 1. The third kappa shape index (κ3) is 6.59. The zero-order chi connectivity index (χ0) is 25.8. The zero-order valence-corrected chi connectivity index (χ0v) is 23.2. The maximum absolute atomic E-state index is 12.9. The molecular weight excluding hydrogens is 504 g/mol. The summed E-state index contributed by atoms with van der Waals surface area (Å²) >= 11 is 7.76. The number of nitrogens with one attached hydrogen (secondary N) is 1. The monoisotopic (exact) mass is 538 g/mol. The molecule has 8 heteroatoms. The number of carbonyl (C=O) groups excluding carboxylic acids is 1. The van der Waals surface area contributed by atoms with Crippen LogP contribution < -0.4 is 5.32 Å². The number of likely N-dealkylation sites (tertiary alicyclic amines) is 1. The minimum atomic E-state index is -0.229. The standard InChI is InChI=1S/C29H35ClN4O2S/c1-21-3-4-25(15-26(21)30)17-31-16-23-5-7-24(8-6-23)18-33-11-9-29(10-12-33)20-34(13-14-36-29)28(35)27-19-37-22(2)32-27/h3-8,15,19,31H,9-14,16-18,20H2,1-2H3. The second-order valence-electron chi connectivity index (χ2n) is 10.3. The van der Waals surface area contributed by atoms with E-state index >= 15 is 0 Å². The van der Waals surface area contributed by atoms with Gasteiger partial charge in [-0.15, -0.1) is 11.3 Å². The van der Waals surface area contributed by atoms with Crippen molar-refractivity contribution in [1.29, 1.82) is 0 Å². The fraction of sp³-hybridized carbons (Fsp3) is 0.448. The number of amides is 1. The van der Waals surface area contributed by atoms with Crippen LogP contribution in [0.5, 0.6) is 0 Å². The molecule has 2 fully saturated rings. The first-order valence-electron chi connectivity index (χ1n) is 13.0. The molecule has 1 N–H and O–H groups in total. The molecule has 0 bridgehead atoms. The number of aromatic nitrogens is 1. The maximum atomic E-state index is 12.9. The van der Waals surface area contributed by atoms with Crippen LogP contribution in [0, 0.1) is 13.8 Å². The van der Waals surface area contributed by atoms with E-state index in [-0.39, 0.29) is 11.5 Å². The second kappa shape index (κ2) is 11.6. The lowest BCUT2D eigenvalue weighted by atomic mass is 9.89. The topological polar surface area (TPSA) is 57.7 Å². The van der Waals surface area contributed by atoms with Crippen LogP contribution in [0.2, 0.25) is 5.02 Å². The van der Waals surface area contributed by atoms with Crippen LogP contribution in [-0.4, -0.2) is 59.1 Å². The van der Waals surface area contributed by atoms with Crippen molar-refractivity contribution >= 4 is 28.8 Å². The number of rotatable bonds is 7. The number of carbonyl (C=O) groups is 1. The summed E-state index contributed by atoms with van der Waals surface area (Å²) in [6.45, 7) is 10.4. The molecule has 37 heavy (non-hydrogen) atoms. The third-order valence-electron chi connectivity index (χ3n) is 7.46. The second-order valence-corrected chi connectivity index (χ2v) is 11.8. The van der Waals surface area contributed by atoms with Crippen molar-refractivity contribution in [2.75, 3.05) is 32.8 Å². The van der Waals surface area contributed by atoms with Crippen LogP contribution in [0.4, 0.5) is 0 Å². The highest BCUT2D eigenvalue weighted by Crippen LogP contribution is 2.31. The summed E-state index contributed by atoms with van der Waals surface area (Å²) in [5.74, 6) is 0.0340.